The van der Waals surface area contributed by atoms with Gasteiger partial charge < -0.3 is 20.1 Å². The smallest absolute Gasteiger partial charge is 0.223 e. The molecule has 3 fully saturated rings. The monoisotopic (exact) mass is 515 g/mol. The van der Waals surface area contributed by atoms with Crippen LogP contribution in [0.15, 0.2) is 6.07 Å². The molecular weight excluding hydrogens is 466 g/mol. The van der Waals surface area contributed by atoms with Crippen LogP contribution in [0.5, 0.6) is 0 Å². The molecule has 1 aromatic heterocycles. The van der Waals surface area contributed by atoms with E-state index in [1.165, 1.54) is 19.3 Å². The molecule has 1 amide bonds. The summed E-state index contributed by atoms with van der Waals surface area (Å²) in [5, 5.41) is 13.0. The van der Waals surface area contributed by atoms with E-state index < -0.39 is 0 Å². The van der Waals surface area contributed by atoms with Gasteiger partial charge in [0.2, 0.25) is 5.91 Å². The summed E-state index contributed by atoms with van der Waals surface area (Å²) < 4.78 is 5.36. The van der Waals surface area contributed by atoms with E-state index in [2.05, 4.69) is 42.0 Å². The quantitative estimate of drug-likeness (QED) is 0.546. The molecule has 2 saturated carbocycles. The second-order valence-corrected chi connectivity index (χ2v) is 12.6. The summed E-state index contributed by atoms with van der Waals surface area (Å²) in [6.07, 6.45) is 8.89. The van der Waals surface area contributed by atoms with Crippen LogP contribution in [-0.4, -0.2) is 77.9 Å². The first-order valence-electron chi connectivity index (χ1n) is 14.5. The number of nitrogens with zero attached hydrogens (tertiary/aromatic N) is 4. The van der Waals surface area contributed by atoms with Gasteiger partial charge in [0.1, 0.15) is 11.6 Å². The Hall–Kier alpha value is -1.77. The number of hydrogen-bond donors (Lipinski definition) is 2. The van der Waals surface area contributed by atoms with Crippen molar-refractivity contribution in [3.63, 3.8) is 0 Å². The molecule has 0 unspecified atom stereocenters. The van der Waals surface area contributed by atoms with Crippen molar-refractivity contribution >= 4 is 11.7 Å². The van der Waals surface area contributed by atoms with Crippen LogP contribution in [0.2, 0.25) is 0 Å². The lowest BCUT2D eigenvalue weighted by Gasteiger charge is -2.37. The predicted molar refractivity (Wildman–Crippen MR) is 147 cm³/mol. The Morgan fingerprint density at radius 3 is 2.32 bits per heavy atom. The van der Waals surface area contributed by atoms with Crippen molar-refractivity contribution in [1.82, 2.24) is 20.2 Å². The number of piperazine rings is 1. The molecule has 4 rings (SSSR count). The fourth-order valence-corrected chi connectivity index (χ4v) is 6.02. The number of rotatable bonds is 8. The summed E-state index contributed by atoms with van der Waals surface area (Å²) in [6, 6.07) is 2.43. The maximum Gasteiger partial charge on any atom is 0.223 e. The van der Waals surface area contributed by atoms with Crippen molar-refractivity contribution in [2.75, 3.05) is 44.7 Å². The summed E-state index contributed by atoms with van der Waals surface area (Å²) in [5.74, 6) is 3.00. The Balaban J connectivity index is 1.17. The summed E-state index contributed by atoms with van der Waals surface area (Å²) in [7, 11) is 1.71. The number of methoxy groups -OCH3 is 1. The predicted octanol–water partition coefficient (Wildman–Crippen LogP) is 3.66. The van der Waals surface area contributed by atoms with Crippen LogP contribution in [-0.2, 0) is 21.6 Å². The number of nitrogens with one attached hydrogen (secondary N) is 1. The van der Waals surface area contributed by atoms with Crippen LogP contribution in [0, 0.1) is 11.8 Å². The molecule has 1 saturated heterocycles. The van der Waals surface area contributed by atoms with E-state index in [9.17, 15) is 9.90 Å². The van der Waals surface area contributed by atoms with Crippen molar-refractivity contribution in [2.24, 2.45) is 11.8 Å². The number of aromatic nitrogens is 2. The number of anilines is 1. The largest absolute Gasteiger partial charge is 0.393 e. The molecule has 37 heavy (non-hydrogen) atoms. The lowest BCUT2D eigenvalue weighted by atomic mass is 9.83. The molecule has 2 heterocycles. The minimum Gasteiger partial charge on any atom is -0.393 e. The second-order valence-electron chi connectivity index (χ2n) is 12.6. The second kappa shape index (κ2) is 12.9. The van der Waals surface area contributed by atoms with E-state index in [-0.39, 0.29) is 23.3 Å². The molecule has 0 atom stereocenters. The normalized spacial score (nSPS) is 27.8. The number of ether oxygens (including phenoxy) is 1. The highest BCUT2D eigenvalue weighted by Gasteiger charge is 2.29. The van der Waals surface area contributed by atoms with Crippen molar-refractivity contribution in [2.45, 2.75) is 103 Å². The number of carbonyl (C=O) groups is 1. The van der Waals surface area contributed by atoms with E-state index in [1.807, 2.05) is 0 Å². The topological polar surface area (TPSA) is 90.8 Å². The molecule has 0 bridgehead atoms. The first-order chi connectivity index (χ1) is 17.7. The van der Waals surface area contributed by atoms with Crippen LogP contribution in [0.4, 0.5) is 5.82 Å². The van der Waals surface area contributed by atoms with Crippen molar-refractivity contribution in [3.05, 3.63) is 17.6 Å². The molecule has 208 valence electrons. The summed E-state index contributed by atoms with van der Waals surface area (Å²) in [4.78, 5) is 27.3. The van der Waals surface area contributed by atoms with Crippen LogP contribution in [0.25, 0.3) is 0 Å². The van der Waals surface area contributed by atoms with E-state index in [4.69, 9.17) is 14.7 Å². The molecule has 2 N–H and O–H groups in total. The van der Waals surface area contributed by atoms with E-state index in [0.29, 0.717) is 12.6 Å². The van der Waals surface area contributed by atoms with Gasteiger partial charge in [0.25, 0.3) is 0 Å². The average molecular weight is 516 g/mol. The molecule has 3 aliphatic rings. The molecule has 1 aromatic rings. The number of aliphatic hydroxyl groups excluding tert-OH is 1. The summed E-state index contributed by atoms with van der Waals surface area (Å²) >= 11 is 0. The minimum atomic E-state index is -0.204. The molecule has 2 aliphatic carbocycles. The molecule has 0 spiro atoms. The Kier molecular flexibility index (Phi) is 9.81. The van der Waals surface area contributed by atoms with Crippen molar-refractivity contribution < 1.29 is 14.6 Å². The minimum absolute atomic E-state index is 0.0957. The van der Waals surface area contributed by atoms with Gasteiger partial charge in [0, 0.05) is 56.7 Å². The van der Waals surface area contributed by atoms with Gasteiger partial charge in [-0.3, -0.25) is 9.69 Å². The lowest BCUT2D eigenvalue weighted by molar-refractivity contribution is -0.127. The van der Waals surface area contributed by atoms with Gasteiger partial charge in [-0.05, 0) is 70.3 Å². The third-order valence-electron chi connectivity index (χ3n) is 8.54. The van der Waals surface area contributed by atoms with Crippen LogP contribution in [0.3, 0.4) is 0 Å². The molecule has 8 nitrogen and oxygen atoms in total. The zero-order valence-electron chi connectivity index (χ0n) is 23.5. The number of carbonyl (C=O) groups excluding carboxylic acids is 1. The Morgan fingerprint density at radius 2 is 1.70 bits per heavy atom. The highest BCUT2D eigenvalue weighted by Crippen LogP contribution is 2.29. The maximum atomic E-state index is 12.6. The highest BCUT2D eigenvalue weighted by atomic mass is 16.5. The average Bonchev–Trinajstić information content (AvgIpc) is 2.88. The fourth-order valence-electron chi connectivity index (χ4n) is 6.02. The summed E-state index contributed by atoms with van der Waals surface area (Å²) in [5.41, 5.74) is 0.853. The molecule has 0 radical (unpaired) electrons. The standard InChI is InChI=1S/C29H49N5O3/c1-29(2,3)28-31-24(20-37-4)19-26(32-28)34-17-15-33(16-18-34)14-13-21-5-9-23(10-6-21)30-27(36)22-7-11-25(35)12-8-22/h19,21-23,25,35H,5-18,20H2,1-4H3,(H,30,36)/t21-,22-,23-,25-. The van der Waals surface area contributed by atoms with Crippen LogP contribution in [0.1, 0.15) is 90.1 Å². The number of hydrogen-bond acceptors (Lipinski definition) is 7. The van der Waals surface area contributed by atoms with Gasteiger partial charge in [0.15, 0.2) is 0 Å². The third-order valence-corrected chi connectivity index (χ3v) is 8.54. The first kappa shape index (κ1) is 28.2. The zero-order valence-corrected chi connectivity index (χ0v) is 23.5. The van der Waals surface area contributed by atoms with Crippen molar-refractivity contribution in [3.8, 4) is 0 Å². The summed E-state index contributed by atoms with van der Waals surface area (Å²) in [6.45, 7) is 12.3. The first-order valence-corrected chi connectivity index (χ1v) is 14.5. The van der Waals surface area contributed by atoms with Gasteiger partial charge in [0.05, 0.1) is 18.4 Å². The fraction of sp³-hybridized carbons (Fsp3) is 0.828. The number of amides is 1. The van der Waals surface area contributed by atoms with E-state index in [0.717, 1.165) is 94.5 Å². The van der Waals surface area contributed by atoms with Gasteiger partial charge >= 0.3 is 0 Å². The van der Waals surface area contributed by atoms with Crippen LogP contribution < -0.4 is 10.2 Å². The molecule has 1 aliphatic heterocycles. The van der Waals surface area contributed by atoms with Gasteiger partial charge in [-0.25, -0.2) is 9.97 Å². The van der Waals surface area contributed by atoms with Gasteiger partial charge in [-0.15, -0.1) is 0 Å². The Morgan fingerprint density at radius 1 is 1.03 bits per heavy atom. The maximum absolute atomic E-state index is 12.6. The molecule has 8 heteroatoms. The third kappa shape index (κ3) is 8.11. The van der Waals surface area contributed by atoms with E-state index >= 15 is 0 Å². The number of aliphatic hydroxyl groups is 1. The Bertz CT molecular complexity index is 865. The van der Waals surface area contributed by atoms with Crippen LogP contribution >= 0.6 is 0 Å². The molecular formula is C29H49N5O3. The van der Waals surface area contributed by atoms with Gasteiger partial charge in [-0.2, -0.15) is 0 Å². The zero-order chi connectivity index (χ0) is 26.4. The molecule has 0 aromatic carbocycles. The SMILES string of the molecule is COCc1cc(N2CCN(CC[C@H]3CC[C@H](NC(=O)[C@H]4CC[C@H](O)CC4)CC3)CC2)nc(C(C)(C)C)n1. The lowest BCUT2D eigenvalue weighted by Crippen LogP contribution is -2.47. The van der Waals surface area contributed by atoms with E-state index in [1.54, 1.807) is 7.11 Å². The van der Waals surface area contributed by atoms with Gasteiger partial charge in [-0.1, -0.05) is 20.8 Å². The highest BCUT2D eigenvalue weighted by molar-refractivity contribution is 5.79. The Labute approximate surface area is 223 Å². The van der Waals surface area contributed by atoms with Crippen molar-refractivity contribution in [1.29, 1.82) is 0 Å².